The predicted octanol–water partition coefficient (Wildman–Crippen LogP) is 8.28. The van der Waals surface area contributed by atoms with Crippen LogP contribution < -0.4 is 0 Å². The zero-order valence-electron chi connectivity index (χ0n) is 15.5. The SMILES string of the molecule is CC(C)c1cc(C(C)C)c(-c2sc3ccccc3[s+]2)c(C(C)C)c1. The molecule has 3 aromatic rings. The monoisotopic (exact) mass is 355 g/mol. The van der Waals surface area contributed by atoms with E-state index >= 15 is 0 Å². The predicted molar refractivity (Wildman–Crippen MR) is 112 cm³/mol. The van der Waals surface area contributed by atoms with Gasteiger partial charge in [0.05, 0.1) is 28.2 Å². The van der Waals surface area contributed by atoms with Crippen LogP contribution >= 0.6 is 22.7 Å². The van der Waals surface area contributed by atoms with Crippen LogP contribution in [0.5, 0.6) is 0 Å². The van der Waals surface area contributed by atoms with Crippen LogP contribution in [0.3, 0.4) is 0 Å². The quantitative estimate of drug-likeness (QED) is 0.413. The number of hydrogen-bond donors (Lipinski definition) is 0. The van der Waals surface area contributed by atoms with Crippen molar-refractivity contribution in [1.82, 2.24) is 0 Å². The van der Waals surface area contributed by atoms with E-state index in [2.05, 4.69) is 77.9 Å². The number of rotatable bonds is 4. The minimum absolute atomic E-state index is 0.536. The minimum Gasteiger partial charge on any atom is -0.0587 e. The van der Waals surface area contributed by atoms with Crippen molar-refractivity contribution >= 4 is 32.1 Å². The first-order valence-corrected chi connectivity index (χ1v) is 10.5. The lowest BCUT2D eigenvalue weighted by molar-refractivity contribution is 0.808. The van der Waals surface area contributed by atoms with Crippen molar-refractivity contribution in [2.24, 2.45) is 0 Å². The Hall–Kier alpha value is -1.25. The Balaban J connectivity index is 2.31. The molecule has 0 atom stereocenters. The maximum atomic E-state index is 2.45. The topological polar surface area (TPSA) is 0 Å². The van der Waals surface area contributed by atoms with Crippen LogP contribution in [0.2, 0.25) is 0 Å². The summed E-state index contributed by atoms with van der Waals surface area (Å²) in [7, 11) is 0. The standard InChI is InChI=1S/C22H27S2/c1-13(2)16-11-17(14(3)4)21(18(12-16)15(5)6)22-23-19-9-7-8-10-20(19)24-22/h7-15H,1-6H3/q+1. The molecule has 0 nitrogen and oxygen atoms in total. The van der Waals surface area contributed by atoms with Crippen molar-refractivity contribution in [3.63, 3.8) is 0 Å². The second-order valence-corrected chi connectivity index (χ2v) is 9.84. The summed E-state index contributed by atoms with van der Waals surface area (Å²) in [6.45, 7) is 13.9. The maximum absolute atomic E-state index is 2.45. The molecule has 0 aliphatic heterocycles. The largest absolute Gasteiger partial charge is 0.286 e. The molecule has 0 saturated carbocycles. The molecule has 0 spiro atoms. The first kappa shape index (κ1) is 17.6. The Morgan fingerprint density at radius 3 is 1.88 bits per heavy atom. The van der Waals surface area contributed by atoms with Gasteiger partial charge < -0.3 is 0 Å². The van der Waals surface area contributed by atoms with Gasteiger partial charge in [0.2, 0.25) is 0 Å². The zero-order chi connectivity index (χ0) is 17.4. The van der Waals surface area contributed by atoms with E-state index < -0.39 is 0 Å². The average molecular weight is 356 g/mol. The Labute approximate surface area is 154 Å². The molecule has 3 rings (SSSR count). The Kier molecular flexibility index (Phi) is 5.08. The number of fused-ring (bicyclic) bond motifs is 1. The molecule has 1 aromatic heterocycles. The van der Waals surface area contributed by atoms with Crippen LogP contribution in [0.25, 0.3) is 19.2 Å². The molecule has 0 fully saturated rings. The van der Waals surface area contributed by atoms with E-state index in [1.165, 1.54) is 35.8 Å². The lowest BCUT2D eigenvalue weighted by atomic mass is 9.85. The van der Waals surface area contributed by atoms with E-state index in [1.54, 1.807) is 0 Å². The summed E-state index contributed by atoms with van der Waals surface area (Å²) in [5.74, 6) is 1.64. The molecule has 126 valence electrons. The molecule has 0 radical (unpaired) electrons. The highest BCUT2D eigenvalue weighted by atomic mass is 32.2. The minimum atomic E-state index is 0.536. The second kappa shape index (κ2) is 6.93. The summed E-state index contributed by atoms with van der Waals surface area (Å²) in [5, 5.41) is 0. The van der Waals surface area contributed by atoms with Crippen LogP contribution in [0.1, 0.15) is 76.0 Å². The Bertz CT molecular complexity index is 791. The molecule has 2 heteroatoms. The van der Waals surface area contributed by atoms with E-state index in [4.69, 9.17) is 0 Å². The van der Waals surface area contributed by atoms with Gasteiger partial charge >= 0.3 is 0 Å². The highest BCUT2D eigenvalue weighted by molar-refractivity contribution is 7.43. The van der Waals surface area contributed by atoms with Crippen LogP contribution in [-0.4, -0.2) is 0 Å². The van der Waals surface area contributed by atoms with Crippen LogP contribution in [-0.2, 0) is 0 Å². The molecular formula is C22H27S2+. The summed E-state index contributed by atoms with van der Waals surface area (Å²) in [6, 6.07) is 13.7. The van der Waals surface area contributed by atoms with Crippen molar-refractivity contribution < 1.29 is 0 Å². The highest BCUT2D eigenvalue weighted by Gasteiger charge is 2.26. The molecule has 24 heavy (non-hydrogen) atoms. The van der Waals surface area contributed by atoms with Crippen molar-refractivity contribution in [2.75, 3.05) is 0 Å². The molecule has 0 unspecified atom stereocenters. The highest BCUT2D eigenvalue weighted by Crippen LogP contribution is 2.45. The summed E-state index contributed by atoms with van der Waals surface area (Å²) in [5.41, 5.74) is 5.98. The van der Waals surface area contributed by atoms with Gasteiger partial charge in [0.1, 0.15) is 0 Å². The van der Waals surface area contributed by atoms with Crippen LogP contribution in [0.4, 0.5) is 0 Å². The molecular weight excluding hydrogens is 328 g/mol. The molecule has 2 aromatic carbocycles. The molecule has 1 heterocycles. The van der Waals surface area contributed by atoms with Crippen molar-refractivity contribution in [3.05, 3.63) is 53.1 Å². The molecule has 0 bridgehead atoms. The van der Waals surface area contributed by atoms with E-state index in [0.717, 1.165) is 0 Å². The Morgan fingerprint density at radius 1 is 0.792 bits per heavy atom. The van der Waals surface area contributed by atoms with E-state index in [-0.39, 0.29) is 0 Å². The Morgan fingerprint density at radius 2 is 1.38 bits per heavy atom. The molecule has 0 N–H and O–H groups in total. The van der Waals surface area contributed by atoms with E-state index in [1.807, 2.05) is 22.7 Å². The molecule has 0 saturated heterocycles. The van der Waals surface area contributed by atoms with Crippen LogP contribution in [0.15, 0.2) is 36.4 Å². The summed E-state index contributed by atoms with van der Waals surface area (Å²) in [4.78, 5) is 0. The van der Waals surface area contributed by atoms with Gasteiger partial charge in [-0.05, 0) is 46.6 Å². The lowest BCUT2D eigenvalue weighted by Crippen LogP contribution is -2.02. The fourth-order valence-corrected chi connectivity index (χ4v) is 5.79. The third-order valence-electron chi connectivity index (χ3n) is 4.59. The molecule has 0 aliphatic rings. The van der Waals surface area contributed by atoms with Gasteiger partial charge in [0.15, 0.2) is 9.40 Å². The summed E-state index contributed by atoms with van der Waals surface area (Å²) < 4.78 is 4.25. The van der Waals surface area contributed by atoms with E-state index in [0.29, 0.717) is 17.8 Å². The molecule has 0 aliphatic carbocycles. The zero-order valence-corrected chi connectivity index (χ0v) is 17.1. The maximum Gasteiger partial charge on any atom is 0.286 e. The number of hydrogen-bond acceptors (Lipinski definition) is 1. The van der Waals surface area contributed by atoms with Gasteiger partial charge in [0.25, 0.3) is 4.19 Å². The first-order valence-electron chi connectivity index (χ1n) is 8.88. The average Bonchev–Trinajstić information content (AvgIpc) is 2.96. The first-order chi connectivity index (χ1) is 11.4. The summed E-state index contributed by atoms with van der Waals surface area (Å²) in [6.07, 6.45) is 0. The van der Waals surface area contributed by atoms with E-state index in [9.17, 15) is 0 Å². The van der Waals surface area contributed by atoms with Gasteiger partial charge in [-0.15, -0.1) is 0 Å². The summed E-state index contributed by atoms with van der Waals surface area (Å²) >= 11 is 3.89. The number of benzene rings is 2. The third kappa shape index (κ3) is 3.27. The second-order valence-electron chi connectivity index (χ2n) is 7.48. The van der Waals surface area contributed by atoms with Crippen LogP contribution in [0, 0.1) is 0 Å². The smallest absolute Gasteiger partial charge is 0.0587 e. The van der Waals surface area contributed by atoms with Gasteiger partial charge in [-0.3, -0.25) is 0 Å². The van der Waals surface area contributed by atoms with Gasteiger partial charge in [-0.2, -0.15) is 0 Å². The van der Waals surface area contributed by atoms with Crippen molar-refractivity contribution in [1.29, 1.82) is 0 Å². The molecule has 0 amide bonds. The van der Waals surface area contributed by atoms with Gasteiger partial charge in [0, 0.05) is 0 Å². The van der Waals surface area contributed by atoms with Gasteiger partial charge in [-0.25, -0.2) is 0 Å². The van der Waals surface area contributed by atoms with Gasteiger partial charge in [-0.1, -0.05) is 65.8 Å². The fraction of sp³-hybridized carbons (Fsp3) is 0.409. The van der Waals surface area contributed by atoms with Crippen molar-refractivity contribution in [2.45, 2.75) is 59.3 Å². The third-order valence-corrected chi connectivity index (χ3v) is 7.15. The normalized spacial score (nSPS) is 12.0. The van der Waals surface area contributed by atoms with Crippen molar-refractivity contribution in [3.8, 4) is 9.75 Å². The fourth-order valence-electron chi connectivity index (χ4n) is 3.13. The lowest BCUT2D eigenvalue weighted by Gasteiger charge is -2.20.